The first-order valence-corrected chi connectivity index (χ1v) is 3.41. The molecular formula is C3H6N2S. The average molecular weight is 102 g/mol. The molecule has 1 N–H and O–H groups in total. The summed E-state index contributed by atoms with van der Waals surface area (Å²) < 4.78 is 0. The van der Waals surface area contributed by atoms with Crippen LogP contribution < -0.4 is 5.43 Å². The summed E-state index contributed by atoms with van der Waals surface area (Å²) in [5.74, 6) is 0. The largest absolute Gasteiger partial charge is 0.279 e. The number of hydrazone groups is 1. The molecule has 0 aromatic carbocycles. The number of hydrogen-bond donors (Lipinski definition) is 1. The smallest absolute Gasteiger partial charge is 0.0758 e. The first-order chi connectivity index (χ1) is 2.89. The summed E-state index contributed by atoms with van der Waals surface area (Å²) >= 11 is 0. The van der Waals surface area contributed by atoms with Crippen LogP contribution in [0, 0.1) is 0 Å². The minimum absolute atomic E-state index is 0.299. The van der Waals surface area contributed by atoms with Crippen LogP contribution in [0.25, 0.3) is 0 Å². The van der Waals surface area contributed by atoms with Crippen molar-refractivity contribution in [1.82, 2.24) is 5.43 Å². The summed E-state index contributed by atoms with van der Waals surface area (Å²) in [6.07, 6.45) is 2.10. The van der Waals surface area contributed by atoms with E-state index >= 15 is 0 Å². The number of nitrogens with one attached hydrogen (secondary N) is 1. The lowest BCUT2D eigenvalue weighted by Crippen LogP contribution is -1.92. The molecule has 0 aromatic heterocycles. The van der Waals surface area contributed by atoms with Gasteiger partial charge in [0.15, 0.2) is 0 Å². The van der Waals surface area contributed by atoms with Crippen molar-refractivity contribution in [2.45, 2.75) is 0 Å². The molecule has 1 unspecified atom stereocenters. The standard InChI is InChI=1S/C3H6N2S/c1-6-2-4-5-3-6/h2-4H,1H3. The Balaban J connectivity index is 2.68. The third-order valence-electron chi connectivity index (χ3n) is 0.532. The fourth-order valence-corrected chi connectivity index (χ4v) is 0.773. The van der Waals surface area contributed by atoms with Crippen molar-refractivity contribution in [3.8, 4) is 0 Å². The molecule has 34 valence electrons. The van der Waals surface area contributed by atoms with Crippen molar-refractivity contribution in [3.05, 3.63) is 0 Å². The van der Waals surface area contributed by atoms with Gasteiger partial charge in [-0.2, -0.15) is 5.10 Å². The lowest BCUT2D eigenvalue weighted by molar-refractivity contribution is 1.09. The Morgan fingerprint density at radius 3 is 2.83 bits per heavy atom. The molecule has 1 rings (SSSR count). The second-order valence-electron chi connectivity index (χ2n) is 1.09. The van der Waals surface area contributed by atoms with E-state index < -0.39 is 0 Å². The van der Waals surface area contributed by atoms with Crippen LogP contribution in [-0.2, 0) is 0 Å². The number of hydrogen-bond acceptors (Lipinski definition) is 2. The highest BCUT2D eigenvalue weighted by Gasteiger charge is 1.82. The van der Waals surface area contributed by atoms with Crippen molar-refractivity contribution < 1.29 is 0 Å². The number of nitrogens with zero attached hydrogens (tertiary/aromatic N) is 1. The Morgan fingerprint density at radius 2 is 2.67 bits per heavy atom. The van der Waals surface area contributed by atoms with Crippen LogP contribution >= 0.6 is 10.5 Å². The second-order valence-corrected chi connectivity index (χ2v) is 2.75. The van der Waals surface area contributed by atoms with E-state index in [1.54, 1.807) is 0 Å². The quantitative estimate of drug-likeness (QED) is 0.434. The first-order valence-electron chi connectivity index (χ1n) is 1.65. The van der Waals surface area contributed by atoms with Crippen LogP contribution in [-0.4, -0.2) is 17.3 Å². The van der Waals surface area contributed by atoms with Crippen molar-refractivity contribution in [3.63, 3.8) is 0 Å². The molecular weight excluding hydrogens is 96.1 g/mol. The van der Waals surface area contributed by atoms with Gasteiger partial charge < -0.3 is 0 Å². The second kappa shape index (κ2) is 1.43. The van der Waals surface area contributed by atoms with Crippen molar-refractivity contribution in [2.75, 3.05) is 6.26 Å². The Kier molecular flexibility index (Phi) is 0.919. The Bertz CT molecular complexity index is 103. The van der Waals surface area contributed by atoms with Gasteiger partial charge in [0.25, 0.3) is 0 Å². The zero-order chi connectivity index (χ0) is 4.41. The van der Waals surface area contributed by atoms with E-state index in [1.807, 2.05) is 11.0 Å². The molecule has 0 saturated heterocycles. The molecule has 6 heavy (non-hydrogen) atoms. The van der Waals surface area contributed by atoms with E-state index in [9.17, 15) is 0 Å². The van der Waals surface area contributed by atoms with Crippen LogP contribution in [0.15, 0.2) is 5.10 Å². The van der Waals surface area contributed by atoms with Crippen LogP contribution in [0.5, 0.6) is 0 Å². The molecule has 0 fully saturated rings. The lowest BCUT2D eigenvalue weighted by Gasteiger charge is -1.73. The van der Waals surface area contributed by atoms with Crippen molar-refractivity contribution in [1.29, 1.82) is 0 Å². The van der Waals surface area contributed by atoms with Crippen LogP contribution in [0.2, 0.25) is 0 Å². The van der Waals surface area contributed by atoms with Gasteiger partial charge in [-0.3, -0.25) is 5.43 Å². The Morgan fingerprint density at radius 1 is 1.83 bits per heavy atom. The molecule has 1 heterocycles. The van der Waals surface area contributed by atoms with Gasteiger partial charge in [-0.15, -0.1) is 10.5 Å². The van der Waals surface area contributed by atoms with Gasteiger partial charge in [-0.25, -0.2) is 0 Å². The highest BCUT2D eigenvalue weighted by molar-refractivity contribution is 8.26. The van der Waals surface area contributed by atoms with Gasteiger partial charge in [-0.1, -0.05) is 0 Å². The molecule has 3 heteroatoms. The monoisotopic (exact) mass is 102 g/mol. The van der Waals surface area contributed by atoms with E-state index in [-0.39, 0.29) is 0 Å². The molecule has 0 radical (unpaired) electrons. The van der Waals surface area contributed by atoms with Gasteiger partial charge in [0.05, 0.1) is 5.55 Å². The maximum Gasteiger partial charge on any atom is 0.0758 e. The van der Waals surface area contributed by atoms with Gasteiger partial charge in [0.2, 0.25) is 0 Å². The summed E-state index contributed by atoms with van der Waals surface area (Å²) in [5.41, 5.74) is 6.58. The normalized spacial score (nSPS) is 29.2. The lowest BCUT2D eigenvalue weighted by atomic mass is 11.5. The first kappa shape index (κ1) is 3.87. The molecule has 2 nitrogen and oxygen atoms in total. The highest BCUT2D eigenvalue weighted by atomic mass is 32.2. The highest BCUT2D eigenvalue weighted by Crippen LogP contribution is 1.99. The maximum absolute atomic E-state index is 3.75. The van der Waals surface area contributed by atoms with E-state index in [2.05, 4.69) is 16.8 Å². The molecule has 0 amide bonds. The third kappa shape index (κ3) is 0.597. The van der Waals surface area contributed by atoms with E-state index in [0.717, 1.165) is 0 Å². The predicted octanol–water partition coefficient (Wildman–Crippen LogP) is 0.191. The van der Waals surface area contributed by atoms with Crippen molar-refractivity contribution in [2.24, 2.45) is 5.10 Å². The SMILES string of the molecule is CS1=CNN=C1. The number of rotatable bonds is 0. The van der Waals surface area contributed by atoms with Gasteiger partial charge in [-0.05, 0) is 6.26 Å². The van der Waals surface area contributed by atoms with Gasteiger partial charge >= 0.3 is 0 Å². The molecule has 0 spiro atoms. The van der Waals surface area contributed by atoms with Crippen LogP contribution in [0.3, 0.4) is 0 Å². The van der Waals surface area contributed by atoms with Gasteiger partial charge in [0, 0.05) is 5.49 Å². The average Bonchev–Trinajstić information content (AvgIpc) is 1.86. The predicted molar refractivity (Wildman–Crippen MR) is 31.2 cm³/mol. The topological polar surface area (TPSA) is 24.4 Å². The molecule has 0 aromatic rings. The van der Waals surface area contributed by atoms with E-state index in [0.29, 0.717) is 10.5 Å². The molecule has 1 aliphatic heterocycles. The van der Waals surface area contributed by atoms with Crippen LogP contribution in [0.4, 0.5) is 0 Å². The molecule has 0 saturated carbocycles. The fourth-order valence-electron chi connectivity index (χ4n) is 0.258. The summed E-state index contributed by atoms with van der Waals surface area (Å²) in [5, 5.41) is 3.75. The Labute approximate surface area is 39.2 Å². The minimum atomic E-state index is 0.299. The molecule has 1 atom stereocenters. The molecule has 1 aliphatic rings. The zero-order valence-corrected chi connectivity index (χ0v) is 4.33. The van der Waals surface area contributed by atoms with Gasteiger partial charge in [0.1, 0.15) is 0 Å². The summed E-state index contributed by atoms with van der Waals surface area (Å²) in [7, 11) is 0.299. The summed E-state index contributed by atoms with van der Waals surface area (Å²) in [4.78, 5) is 0. The van der Waals surface area contributed by atoms with E-state index in [4.69, 9.17) is 0 Å². The van der Waals surface area contributed by atoms with E-state index in [1.165, 1.54) is 0 Å². The Hall–Kier alpha value is -0.310. The molecule has 0 bridgehead atoms. The zero-order valence-electron chi connectivity index (χ0n) is 3.51. The fraction of sp³-hybridized carbons (Fsp3) is 0.333. The van der Waals surface area contributed by atoms with Crippen LogP contribution in [0.1, 0.15) is 0 Å². The van der Waals surface area contributed by atoms with Crippen molar-refractivity contribution >= 4 is 21.5 Å². The maximum atomic E-state index is 3.75. The third-order valence-corrected chi connectivity index (χ3v) is 1.45. The minimum Gasteiger partial charge on any atom is -0.279 e. The summed E-state index contributed by atoms with van der Waals surface area (Å²) in [6.45, 7) is 0. The molecule has 0 aliphatic carbocycles. The summed E-state index contributed by atoms with van der Waals surface area (Å²) in [6, 6.07) is 0.